The first-order chi connectivity index (χ1) is 9.51. The lowest BCUT2D eigenvalue weighted by atomic mass is 9.94. The molecule has 0 N–H and O–H groups in total. The van der Waals surface area contributed by atoms with E-state index >= 15 is 0 Å². The lowest BCUT2D eigenvalue weighted by Crippen LogP contribution is -2.02. The summed E-state index contributed by atoms with van der Waals surface area (Å²) in [4.78, 5) is 0. The normalized spacial score (nSPS) is 12.2. The van der Waals surface area contributed by atoms with Crippen molar-refractivity contribution in [1.82, 2.24) is 0 Å². The maximum atomic E-state index is 6.66. The minimum atomic E-state index is -0.0114. The van der Waals surface area contributed by atoms with Crippen LogP contribution in [-0.2, 0) is 6.42 Å². The number of alkyl halides is 1. The van der Waals surface area contributed by atoms with Crippen LogP contribution in [0, 0.1) is 20.8 Å². The van der Waals surface area contributed by atoms with Gasteiger partial charge in [0.05, 0.1) is 12.5 Å². The molecule has 0 spiro atoms. The Hall–Kier alpha value is -1.47. The van der Waals surface area contributed by atoms with Crippen molar-refractivity contribution in [1.29, 1.82) is 0 Å². The first kappa shape index (κ1) is 14.9. The van der Waals surface area contributed by atoms with Gasteiger partial charge in [-0.1, -0.05) is 29.8 Å². The molecule has 0 radical (unpaired) electrons. The summed E-state index contributed by atoms with van der Waals surface area (Å²) in [6.07, 6.45) is 0.809. The standard InChI is InChI=1S/C18H21ClO/c1-12-8-13(2)18(14(3)9-12)17(19)11-15-6-5-7-16(10-15)20-4/h5-10,17H,11H2,1-4H3. The van der Waals surface area contributed by atoms with E-state index in [2.05, 4.69) is 39.0 Å². The number of halogens is 1. The van der Waals surface area contributed by atoms with Crippen molar-refractivity contribution in [2.45, 2.75) is 32.6 Å². The molecule has 2 aromatic rings. The van der Waals surface area contributed by atoms with Crippen LogP contribution in [0.5, 0.6) is 5.75 Å². The average molecular weight is 289 g/mol. The lowest BCUT2D eigenvalue weighted by Gasteiger charge is -2.17. The Morgan fingerprint density at radius 3 is 2.30 bits per heavy atom. The fourth-order valence-corrected chi connectivity index (χ4v) is 3.32. The smallest absolute Gasteiger partial charge is 0.119 e. The fourth-order valence-electron chi connectivity index (χ4n) is 2.79. The monoisotopic (exact) mass is 288 g/mol. The molecule has 0 heterocycles. The predicted octanol–water partition coefficient (Wildman–Crippen LogP) is 5.14. The molecule has 0 aromatic heterocycles. The van der Waals surface area contributed by atoms with Gasteiger partial charge in [-0.3, -0.25) is 0 Å². The third kappa shape index (κ3) is 3.34. The van der Waals surface area contributed by atoms with Crippen molar-refractivity contribution < 1.29 is 4.74 Å². The lowest BCUT2D eigenvalue weighted by molar-refractivity contribution is 0.414. The predicted molar refractivity (Wildman–Crippen MR) is 85.9 cm³/mol. The summed E-state index contributed by atoms with van der Waals surface area (Å²) >= 11 is 6.66. The van der Waals surface area contributed by atoms with E-state index in [-0.39, 0.29) is 5.38 Å². The molecule has 0 saturated carbocycles. The topological polar surface area (TPSA) is 9.23 Å². The number of benzene rings is 2. The SMILES string of the molecule is COc1cccc(CC(Cl)c2c(C)cc(C)cc2C)c1. The van der Waals surface area contributed by atoms with Crippen molar-refractivity contribution >= 4 is 11.6 Å². The minimum absolute atomic E-state index is 0.0114. The van der Waals surface area contributed by atoms with E-state index in [9.17, 15) is 0 Å². The zero-order valence-corrected chi connectivity index (χ0v) is 13.3. The highest BCUT2D eigenvalue weighted by atomic mass is 35.5. The molecular weight excluding hydrogens is 268 g/mol. The number of methoxy groups -OCH3 is 1. The van der Waals surface area contributed by atoms with Crippen LogP contribution in [-0.4, -0.2) is 7.11 Å². The van der Waals surface area contributed by atoms with Gasteiger partial charge < -0.3 is 4.74 Å². The van der Waals surface area contributed by atoms with Crippen LogP contribution in [0.15, 0.2) is 36.4 Å². The zero-order chi connectivity index (χ0) is 14.7. The van der Waals surface area contributed by atoms with Gasteiger partial charge in [-0.05, 0) is 61.6 Å². The van der Waals surface area contributed by atoms with Crippen molar-refractivity contribution in [3.8, 4) is 5.75 Å². The molecular formula is C18H21ClO. The van der Waals surface area contributed by atoms with Crippen molar-refractivity contribution in [3.05, 3.63) is 64.2 Å². The van der Waals surface area contributed by atoms with Gasteiger partial charge in [-0.2, -0.15) is 0 Å². The van der Waals surface area contributed by atoms with Gasteiger partial charge >= 0.3 is 0 Å². The summed E-state index contributed by atoms with van der Waals surface area (Å²) in [6, 6.07) is 12.5. The van der Waals surface area contributed by atoms with E-state index in [4.69, 9.17) is 16.3 Å². The molecule has 1 atom stereocenters. The highest BCUT2D eigenvalue weighted by Gasteiger charge is 2.15. The van der Waals surface area contributed by atoms with Crippen LogP contribution in [0.2, 0.25) is 0 Å². The molecule has 1 nitrogen and oxygen atoms in total. The molecule has 2 rings (SSSR count). The minimum Gasteiger partial charge on any atom is -0.497 e. The summed E-state index contributed by atoms with van der Waals surface area (Å²) < 4.78 is 5.26. The fraction of sp³-hybridized carbons (Fsp3) is 0.333. The van der Waals surface area contributed by atoms with E-state index in [1.54, 1.807) is 7.11 Å². The molecule has 0 bridgehead atoms. The first-order valence-electron chi connectivity index (χ1n) is 6.86. The van der Waals surface area contributed by atoms with Crippen LogP contribution in [0.25, 0.3) is 0 Å². The van der Waals surface area contributed by atoms with Crippen LogP contribution in [0.3, 0.4) is 0 Å². The quantitative estimate of drug-likeness (QED) is 0.708. The maximum absolute atomic E-state index is 6.66. The van der Waals surface area contributed by atoms with Gasteiger partial charge in [-0.15, -0.1) is 11.6 Å². The van der Waals surface area contributed by atoms with Crippen LogP contribution < -0.4 is 4.74 Å². The highest BCUT2D eigenvalue weighted by molar-refractivity contribution is 6.21. The molecule has 20 heavy (non-hydrogen) atoms. The number of aryl methyl sites for hydroxylation is 3. The Labute approximate surface area is 126 Å². The number of rotatable bonds is 4. The van der Waals surface area contributed by atoms with E-state index in [1.807, 2.05) is 18.2 Å². The second-order valence-corrected chi connectivity index (χ2v) is 5.86. The van der Waals surface area contributed by atoms with Gasteiger partial charge in [0.15, 0.2) is 0 Å². The summed E-state index contributed by atoms with van der Waals surface area (Å²) in [5.74, 6) is 0.878. The molecule has 2 heteroatoms. The van der Waals surface area contributed by atoms with E-state index in [0.29, 0.717) is 0 Å². The summed E-state index contributed by atoms with van der Waals surface area (Å²) in [5, 5.41) is -0.0114. The Kier molecular flexibility index (Phi) is 4.72. The molecule has 106 valence electrons. The summed E-state index contributed by atoms with van der Waals surface area (Å²) in [5.41, 5.74) is 6.27. The molecule has 2 aromatic carbocycles. The van der Waals surface area contributed by atoms with Gasteiger partial charge in [0.25, 0.3) is 0 Å². The van der Waals surface area contributed by atoms with Crippen molar-refractivity contribution in [2.75, 3.05) is 7.11 Å². The number of ether oxygens (including phenoxy) is 1. The Morgan fingerprint density at radius 2 is 1.70 bits per heavy atom. The average Bonchev–Trinajstić information content (AvgIpc) is 2.37. The van der Waals surface area contributed by atoms with Gasteiger partial charge in [0.2, 0.25) is 0 Å². The second-order valence-electron chi connectivity index (χ2n) is 5.34. The van der Waals surface area contributed by atoms with Crippen LogP contribution >= 0.6 is 11.6 Å². The third-order valence-electron chi connectivity index (χ3n) is 3.60. The third-order valence-corrected chi connectivity index (χ3v) is 3.97. The summed E-state index contributed by atoms with van der Waals surface area (Å²) in [7, 11) is 1.69. The molecule has 0 amide bonds. The van der Waals surface area contributed by atoms with Gasteiger partial charge in [0, 0.05) is 0 Å². The molecule has 0 fully saturated rings. The Morgan fingerprint density at radius 1 is 1.05 bits per heavy atom. The molecule has 0 saturated heterocycles. The second kappa shape index (κ2) is 6.32. The largest absolute Gasteiger partial charge is 0.497 e. The molecule has 0 aliphatic heterocycles. The van der Waals surface area contributed by atoms with Gasteiger partial charge in [-0.25, -0.2) is 0 Å². The van der Waals surface area contributed by atoms with E-state index < -0.39 is 0 Å². The number of hydrogen-bond acceptors (Lipinski definition) is 1. The highest BCUT2D eigenvalue weighted by Crippen LogP contribution is 2.31. The maximum Gasteiger partial charge on any atom is 0.119 e. The zero-order valence-electron chi connectivity index (χ0n) is 12.5. The number of hydrogen-bond donors (Lipinski definition) is 0. The van der Waals surface area contributed by atoms with Crippen LogP contribution in [0.4, 0.5) is 0 Å². The molecule has 1 unspecified atom stereocenters. The molecule has 0 aliphatic rings. The van der Waals surface area contributed by atoms with E-state index in [1.165, 1.54) is 27.8 Å². The first-order valence-corrected chi connectivity index (χ1v) is 7.29. The summed E-state index contributed by atoms with van der Waals surface area (Å²) in [6.45, 7) is 6.39. The van der Waals surface area contributed by atoms with Crippen LogP contribution in [0.1, 0.15) is 33.2 Å². The van der Waals surface area contributed by atoms with Gasteiger partial charge in [0.1, 0.15) is 5.75 Å². The van der Waals surface area contributed by atoms with E-state index in [0.717, 1.165) is 12.2 Å². The van der Waals surface area contributed by atoms with Crippen molar-refractivity contribution in [2.24, 2.45) is 0 Å². The Bertz CT molecular complexity index is 581. The van der Waals surface area contributed by atoms with Crippen molar-refractivity contribution in [3.63, 3.8) is 0 Å². The molecule has 0 aliphatic carbocycles. The Balaban J connectivity index is 2.26.